The summed E-state index contributed by atoms with van der Waals surface area (Å²) in [5.41, 5.74) is 0.0784. The van der Waals surface area contributed by atoms with Crippen molar-refractivity contribution in [1.29, 1.82) is 0 Å². The fourth-order valence-electron chi connectivity index (χ4n) is 4.03. The highest BCUT2D eigenvalue weighted by molar-refractivity contribution is 5.79. The number of anilines is 1. The van der Waals surface area contributed by atoms with Crippen molar-refractivity contribution in [2.24, 2.45) is 4.99 Å². The number of fused-ring (bicyclic) bond motifs is 1. The summed E-state index contributed by atoms with van der Waals surface area (Å²) in [4.78, 5) is 33.9. The van der Waals surface area contributed by atoms with Gasteiger partial charge in [0.05, 0.1) is 36.1 Å². The minimum Gasteiger partial charge on any atom is -0.482 e. The van der Waals surface area contributed by atoms with E-state index in [0.29, 0.717) is 11.2 Å². The maximum Gasteiger partial charge on any atom is 0.325 e. The molecule has 0 aliphatic carbocycles. The lowest BCUT2D eigenvalue weighted by molar-refractivity contribution is -0.0594. The quantitative estimate of drug-likeness (QED) is 0.393. The molecular weight excluding hydrogens is 462 g/mol. The van der Waals surface area contributed by atoms with Gasteiger partial charge in [-0.25, -0.2) is 18.3 Å². The molecule has 180 valence electrons. The minimum atomic E-state index is -3.19. The van der Waals surface area contributed by atoms with Gasteiger partial charge < -0.3 is 14.6 Å². The smallest absolute Gasteiger partial charge is 0.325 e. The van der Waals surface area contributed by atoms with Gasteiger partial charge in [-0.2, -0.15) is 10.2 Å². The number of nitrogens with one attached hydrogen (secondary N) is 3. The number of alkyl halides is 2. The van der Waals surface area contributed by atoms with E-state index in [4.69, 9.17) is 4.74 Å². The van der Waals surface area contributed by atoms with E-state index < -0.39 is 29.8 Å². The summed E-state index contributed by atoms with van der Waals surface area (Å²) < 4.78 is 37.1. The molecule has 4 aromatic rings. The summed E-state index contributed by atoms with van der Waals surface area (Å²) in [6.07, 6.45) is 2.73. The lowest BCUT2D eigenvalue weighted by Crippen LogP contribution is -2.36. The Morgan fingerprint density at radius 2 is 2.14 bits per heavy atom. The number of halogens is 2. The van der Waals surface area contributed by atoms with Gasteiger partial charge in [0.15, 0.2) is 11.6 Å². The maximum absolute atomic E-state index is 15.1. The van der Waals surface area contributed by atoms with Crippen molar-refractivity contribution in [3.8, 4) is 17.0 Å². The fraction of sp³-hybridized carbons (Fsp3) is 0.227. The average molecular weight is 482 g/mol. The van der Waals surface area contributed by atoms with Gasteiger partial charge in [-0.15, -0.1) is 0 Å². The number of H-pyrrole nitrogens is 3. The Morgan fingerprint density at radius 1 is 1.31 bits per heavy atom. The summed E-state index contributed by atoms with van der Waals surface area (Å²) in [6, 6.07) is 6.44. The minimum absolute atomic E-state index is 0.0516. The molecule has 13 heteroatoms. The molecule has 1 aliphatic heterocycles. The third-order valence-corrected chi connectivity index (χ3v) is 5.71. The fourth-order valence-corrected chi connectivity index (χ4v) is 4.03. The molecule has 0 bridgehead atoms. The number of benzene rings is 1. The highest BCUT2D eigenvalue weighted by Gasteiger charge is 2.50. The first-order valence-corrected chi connectivity index (χ1v) is 10.5. The summed E-state index contributed by atoms with van der Waals surface area (Å²) in [6.45, 7) is 2.90. The van der Waals surface area contributed by atoms with Gasteiger partial charge in [0, 0.05) is 30.9 Å². The van der Waals surface area contributed by atoms with Gasteiger partial charge in [-0.1, -0.05) is 6.58 Å². The Kier molecular flexibility index (Phi) is 5.30. The monoisotopic (exact) mass is 482 g/mol. The van der Waals surface area contributed by atoms with Gasteiger partial charge in [-0.05, 0) is 18.2 Å². The first kappa shape index (κ1) is 22.3. The molecular formula is C22H20F2N8O3. The topological polar surface area (TPSA) is 137 Å². The number of hydrogen-bond donors (Lipinski definition) is 3. The van der Waals surface area contributed by atoms with Gasteiger partial charge in [0.25, 0.3) is 5.56 Å². The molecule has 3 N–H and O–H groups in total. The number of aromatic nitrogens is 6. The maximum atomic E-state index is 15.1. The van der Waals surface area contributed by atoms with Crippen molar-refractivity contribution in [3.05, 3.63) is 69.6 Å². The molecule has 4 heterocycles. The molecule has 0 amide bonds. The van der Waals surface area contributed by atoms with Crippen molar-refractivity contribution in [2.45, 2.75) is 12.0 Å². The lowest BCUT2D eigenvalue weighted by atomic mass is 10.2. The second-order valence-corrected chi connectivity index (χ2v) is 7.94. The third kappa shape index (κ3) is 4.00. The van der Waals surface area contributed by atoms with E-state index in [2.05, 4.69) is 36.8 Å². The number of ether oxygens (including phenoxy) is 1. The zero-order chi connectivity index (χ0) is 24.7. The molecule has 5 rings (SSSR count). The zero-order valence-electron chi connectivity index (χ0n) is 18.5. The standard InChI is InChI=1S/C22H20F2N8O3/c1-3-32-19(25-2)17(7-16(30-32)14-9-26-21(34)28-20(14)33)31-10-18(22(23,24)11-31)35-13-5-4-12-8-27-29-15(12)6-13/h3-9,18H,1,10-11H2,2H3,(H,27,29)(H2,26,28,33,34). The molecule has 35 heavy (non-hydrogen) atoms. The molecule has 1 aromatic carbocycles. The number of hydrogen-bond acceptors (Lipinski definition) is 7. The molecule has 3 aromatic heterocycles. The second kappa shape index (κ2) is 8.34. The largest absolute Gasteiger partial charge is 0.482 e. The van der Waals surface area contributed by atoms with E-state index in [0.717, 1.165) is 5.39 Å². The Balaban J connectivity index is 1.53. The Labute approximate surface area is 195 Å². The summed E-state index contributed by atoms with van der Waals surface area (Å²) >= 11 is 0. The summed E-state index contributed by atoms with van der Waals surface area (Å²) in [5, 5.41) is 11.9. The van der Waals surface area contributed by atoms with Crippen molar-refractivity contribution >= 4 is 22.8 Å². The molecule has 0 radical (unpaired) electrons. The zero-order valence-corrected chi connectivity index (χ0v) is 18.5. The van der Waals surface area contributed by atoms with Crippen molar-refractivity contribution in [2.75, 3.05) is 25.0 Å². The molecule has 1 aliphatic rings. The predicted octanol–water partition coefficient (Wildman–Crippen LogP) is 1.34. The van der Waals surface area contributed by atoms with Crippen LogP contribution in [0.1, 0.15) is 0 Å². The van der Waals surface area contributed by atoms with Crippen LogP contribution in [0, 0.1) is 0 Å². The molecule has 1 atom stereocenters. The van der Waals surface area contributed by atoms with E-state index in [1.54, 1.807) is 24.4 Å². The molecule has 1 saturated heterocycles. The first-order chi connectivity index (χ1) is 16.8. The van der Waals surface area contributed by atoms with Crippen LogP contribution in [-0.2, 0) is 0 Å². The van der Waals surface area contributed by atoms with Crippen LogP contribution in [0.5, 0.6) is 5.75 Å². The van der Waals surface area contributed by atoms with Crippen LogP contribution in [0.3, 0.4) is 0 Å². The SMILES string of the molecule is C=Cn1nc(-c2c[nH]c(=O)[nH]c2=O)cc(N2CC(Oc3ccc4cn[nH]c4c3)C(F)(F)C2)c1=NC. The third-order valence-electron chi connectivity index (χ3n) is 5.71. The summed E-state index contributed by atoms with van der Waals surface area (Å²) in [7, 11) is 1.49. The van der Waals surface area contributed by atoms with E-state index in [9.17, 15) is 9.59 Å². The van der Waals surface area contributed by atoms with Gasteiger partial charge in [0.2, 0.25) is 0 Å². The Morgan fingerprint density at radius 3 is 2.89 bits per heavy atom. The molecule has 11 nitrogen and oxygen atoms in total. The highest BCUT2D eigenvalue weighted by atomic mass is 19.3. The van der Waals surface area contributed by atoms with Crippen LogP contribution in [0.4, 0.5) is 14.5 Å². The number of aromatic amines is 3. The van der Waals surface area contributed by atoms with Crippen molar-refractivity contribution < 1.29 is 13.5 Å². The average Bonchev–Trinajstić information content (AvgIpc) is 3.41. The van der Waals surface area contributed by atoms with Crippen LogP contribution in [-0.4, -0.2) is 62.1 Å². The van der Waals surface area contributed by atoms with Gasteiger partial charge >= 0.3 is 11.6 Å². The number of rotatable bonds is 5. The molecule has 0 saturated carbocycles. The van der Waals surface area contributed by atoms with E-state index >= 15 is 8.78 Å². The molecule has 1 fully saturated rings. The van der Waals surface area contributed by atoms with Gasteiger partial charge in [-0.3, -0.25) is 19.9 Å². The summed E-state index contributed by atoms with van der Waals surface area (Å²) in [5.74, 6) is -2.91. The van der Waals surface area contributed by atoms with Crippen LogP contribution in [0.25, 0.3) is 28.4 Å². The van der Waals surface area contributed by atoms with E-state index in [1.807, 2.05) is 0 Å². The normalized spacial score (nSPS) is 17.7. The predicted molar refractivity (Wildman–Crippen MR) is 124 cm³/mol. The molecule has 0 spiro atoms. The van der Waals surface area contributed by atoms with Crippen molar-refractivity contribution in [1.82, 2.24) is 29.9 Å². The number of nitrogens with zero attached hydrogens (tertiary/aromatic N) is 5. The van der Waals surface area contributed by atoms with Crippen LogP contribution < -0.4 is 26.4 Å². The van der Waals surface area contributed by atoms with Gasteiger partial charge in [0.1, 0.15) is 11.4 Å². The van der Waals surface area contributed by atoms with E-state index in [1.165, 1.54) is 35.1 Å². The van der Waals surface area contributed by atoms with Crippen LogP contribution in [0.2, 0.25) is 0 Å². The lowest BCUT2D eigenvalue weighted by Gasteiger charge is -2.20. The van der Waals surface area contributed by atoms with E-state index in [-0.39, 0.29) is 29.0 Å². The van der Waals surface area contributed by atoms with Crippen LogP contribution >= 0.6 is 0 Å². The van der Waals surface area contributed by atoms with Crippen LogP contribution in [0.15, 0.2) is 57.8 Å². The first-order valence-electron chi connectivity index (χ1n) is 10.5. The Bertz CT molecular complexity index is 1620. The highest BCUT2D eigenvalue weighted by Crippen LogP contribution is 2.34. The second-order valence-electron chi connectivity index (χ2n) is 7.94. The van der Waals surface area contributed by atoms with Crippen molar-refractivity contribution in [3.63, 3.8) is 0 Å². The Hall–Kier alpha value is -4.55. The molecule has 1 unspecified atom stereocenters.